The highest BCUT2D eigenvalue weighted by Gasteiger charge is 2.31. The Morgan fingerprint density at radius 2 is 0.649 bits per heavy atom. The number of ether oxygens (including phenoxy) is 1. The van der Waals surface area contributed by atoms with E-state index in [0.29, 0.717) is 0 Å². The van der Waals surface area contributed by atoms with Crippen molar-refractivity contribution >= 4 is 174 Å². The molecule has 3 rings (SSSR count). The van der Waals surface area contributed by atoms with E-state index in [-0.39, 0.29) is 97.5 Å². The van der Waals surface area contributed by atoms with E-state index >= 15 is 0 Å². The third-order valence-corrected chi connectivity index (χ3v) is 11.1. The van der Waals surface area contributed by atoms with E-state index in [4.69, 9.17) is 167 Å². The Kier molecular flexibility index (Phi) is 11.0. The molecule has 2 nitrogen and oxygen atoms in total. The van der Waals surface area contributed by atoms with Crippen molar-refractivity contribution in [3.63, 3.8) is 0 Å². The Morgan fingerprint density at radius 1 is 0.405 bits per heavy atom. The average molecular weight is 784 g/mol. The molecule has 0 aromatic heterocycles. The van der Waals surface area contributed by atoms with Gasteiger partial charge in [0.25, 0.3) is 0 Å². The van der Waals surface area contributed by atoms with Gasteiger partial charge in [-0.25, -0.2) is 0 Å². The first-order chi connectivity index (χ1) is 17.1. The molecular weight excluding hydrogens is 781 g/mol. The minimum absolute atomic E-state index is 0.109. The SMILES string of the molecule is COC([O-])=c1c(Cl)c(Cl)c(=C(c2c(Cl)c(Cl)c(Cl)c(Cl)c2Cl)c2c(Cl)c(Cl)c(Cl)c(Cl)c2Cl)c(Cl)c1Cl. The Bertz CT molecular complexity index is 1450. The zero-order valence-corrected chi connectivity index (χ0v) is 27.7. The second-order valence-corrected chi connectivity index (χ2v) is 12.1. The Hall–Kier alpha value is 1.06. The lowest BCUT2D eigenvalue weighted by atomic mass is 9.94. The summed E-state index contributed by atoms with van der Waals surface area (Å²) >= 11 is 90.2. The Morgan fingerprint density at radius 3 is 0.919 bits per heavy atom. The number of hydrogen-bond donors (Lipinski definition) is 0. The van der Waals surface area contributed by atoms with Gasteiger partial charge in [-0.2, -0.15) is 0 Å². The van der Waals surface area contributed by atoms with Crippen LogP contribution in [0.2, 0.25) is 70.3 Å². The lowest BCUT2D eigenvalue weighted by Gasteiger charge is -2.21. The van der Waals surface area contributed by atoms with E-state index < -0.39 is 5.95 Å². The molecule has 0 fully saturated rings. The zero-order chi connectivity index (χ0) is 28.3. The summed E-state index contributed by atoms with van der Waals surface area (Å²) in [6.07, 6.45) is 0. The lowest BCUT2D eigenvalue weighted by molar-refractivity contribution is -0.288. The molecule has 3 aromatic rings. The van der Waals surface area contributed by atoms with Crippen LogP contribution in [0.3, 0.4) is 0 Å². The highest BCUT2D eigenvalue weighted by atomic mass is 35.5. The molecule has 0 heterocycles. The summed E-state index contributed by atoms with van der Waals surface area (Å²) in [6.45, 7) is 0. The van der Waals surface area contributed by atoms with Crippen molar-refractivity contribution in [2.24, 2.45) is 0 Å². The fourth-order valence-electron chi connectivity index (χ4n) is 3.16. The van der Waals surface area contributed by atoms with Crippen LogP contribution in [0.25, 0.3) is 11.5 Å². The van der Waals surface area contributed by atoms with Crippen molar-refractivity contribution < 1.29 is 9.84 Å². The molecule has 0 atom stereocenters. The number of hydrogen-bond acceptors (Lipinski definition) is 2. The molecule has 0 saturated carbocycles. The van der Waals surface area contributed by atoms with E-state index in [9.17, 15) is 5.11 Å². The number of methoxy groups -OCH3 is 1. The molecule has 3 aromatic carbocycles. The van der Waals surface area contributed by atoms with E-state index in [1.54, 1.807) is 0 Å². The maximum absolute atomic E-state index is 12.4. The van der Waals surface area contributed by atoms with Crippen molar-refractivity contribution in [2.75, 3.05) is 7.11 Å². The van der Waals surface area contributed by atoms with E-state index in [0.717, 1.165) is 7.11 Å². The fourth-order valence-corrected chi connectivity index (χ4v) is 7.01. The molecule has 0 aliphatic heterocycles. The molecule has 16 heteroatoms. The number of rotatable bonds is 3. The molecule has 0 saturated heterocycles. The van der Waals surface area contributed by atoms with E-state index in [1.807, 2.05) is 0 Å². The second kappa shape index (κ2) is 12.5. The third-order valence-electron chi connectivity index (χ3n) is 4.82. The van der Waals surface area contributed by atoms with Gasteiger partial charge >= 0.3 is 0 Å². The molecule has 198 valence electrons. The molecule has 0 spiro atoms. The maximum Gasteiger partial charge on any atom is 0.0809 e. The van der Waals surface area contributed by atoms with Crippen molar-refractivity contribution in [1.82, 2.24) is 0 Å². The molecule has 0 aliphatic rings. The minimum atomic E-state index is -0.922. The topological polar surface area (TPSA) is 32.3 Å². The first-order valence-electron chi connectivity index (χ1n) is 8.96. The lowest BCUT2D eigenvalue weighted by Crippen LogP contribution is -2.26. The Balaban J connectivity index is 2.90. The van der Waals surface area contributed by atoms with Crippen molar-refractivity contribution in [2.45, 2.75) is 0 Å². The number of benzene rings is 3. The van der Waals surface area contributed by atoms with Crippen LogP contribution < -0.4 is 15.5 Å². The van der Waals surface area contributed by atoms with E-state index in [2.05, 4.69) is 0 Å². The summed E-state index contributed by atoms with van der Waals surface area (Å²) in [5, 5.41) is 8.61. The van der Waals surface area contributed by atoms with Gasteiger partial charge in [0, 0.05) is 27.1 Å². The highest BCUT2D eigenvalue weighted by molar-refractivity contribution is 6.58. The standard InChI is InChI=1S/C21H4Cl14O2/c1-37-21(36)6-13(28)7(22)3(8(23)14(6)29)2(4-9(24)15(30)19(34)16(31)10(4)25)5-11(26)17(32)20(35)18(33)12(5)27/h36H,1H3/p-1. The van der Waals surface area contributed by atoms with Crippen LogP contribution in [-0.4, -0.2) is 7.11 Å². The van der Waals surface area contributed by atoms with Crippen LogP contribution in [0.5, 0.6) is 0 Å². The molecule has 0 unspecified atom stereocenters. The van der Waals surface area contributed by atoms with Gasteiger partial charge in [0.15, 0.2) is 0 Å². The molecule has 0 amide bonds. The van der Waals surface area contributed by atoms with Crippen LogP contribution >= 0.6 is 162 Å². The van der Waals surface area contributed by atoms with Gasteiger partial charge in [0.2, 0.25) is 0 Å². The summed E-state index contributed by atoms with van der Waals surface area (Å²) in [5.74, 6) is -0.922. The molecule has 0 N–H and O–H groups in total. The normalized spacial score (nSPS) is 11.2. The minimum Gasteiger partial charge on any atom is -0.616 e. The van der Waals surface area contributed by atoms with Crippen molar-refractivity contribution in [3.05, 3.63) is 91.9 Å². The molecular formula is C21H3Cl14O2-. The second-order valence-electron chi connectivity index (χ2n) is 6.76. The molecule has 0 aliphatic carbocycles. The largest absolute Gasteiger partial charge is 0.616 e. The van der Waals surface area contributed by atoms with Gasteiger partial charge in [-0.3, -0.25) is 0 Å². The van der Waals surface area contributed by atoms with Crippen molar-refractivity contribution in [3.8, 4) is 0 Å². The van der Waals surface area contributed by atoms with Gasteiger partial charge in [-0.15, -0.1) is 0 Å². The molecule has 0 radical (unpaired) electrons. The monoisotopic (exact) mass is 777 g/mol. The average Bonchev–Trinajstić information content (AvgIpc) is 2.87. The molecule has 0 bridgehead atoms. The predicted octanol–water partition coefficient (Wildman–Crippen LogP) is 11.2. The van der Waals surface area contributed by atoms with Gasteiger partial charge < -0.3 is 9.84 Å². The van der Waals surface area contributed by atoms with Crippen LogP contribution in [0.4, 0.5) is 0 Å². The van der Waals surface area contributed by atoms with E-state index in [1.165, 1.54) is 0 Å². The summed E-state index contributed by atoms with van der Waals surface area (Å²) in [5.41, 5.74) is -0.341. The third kappa shape index (κ3) is 5.49. The summed E-state index contributed by atoms with van der Waals surface area (Å²) < 4.78 is 4.73. The summed E-state index contributed by atoms with van der Waals surface area (Å²) in [6, 6.07) is 0. The quantitative estimate of drug-likeness (QED) is 0.196. The zero-order valence-electron chi connectivity index (χ0n) is 17.1. The van der Waals surface area contributed by atoms with Gasteiger partial charge in [-0.1, -0.05) is 162 Å². The fraction of sp³-hybridized carbons (Fsp3) is 0.0476. The highest BCUT2D eigenvalue weighted by Crippen LogP contribution is 2.52. The van der Waals surface area contributed by atoms with Crippen LogP contribution in [-0.2, 0) is 4.74 Å². The summed E-state index contributed by atoms with van der Waals surface area (Å²) in [4.78, 5) is 0. The smallest absolute Gasteiger partial charge is 0.0809 e. The predicted molar refractivity (Wildman–Crippen MR) is 161 cm³/mol. The van der Waals surface area contributed by atoms with Crippen molar-refractivity contribution in [1.29, 1.82) is 0 Å². The first-order valence-corrected chi connectivity index (χ1v) is 14.3. The summed E-state index contributed by atoms with van der Waals surface area (Å²) in [7, 11) is 1.11. The number of halogens is 14. The maximum atomic E-state index is 12.4. The van der Waals surface area contributed by atoms with Crippen LogP contribution in [0.1, 0.15) is 11.1 Å². The van der Waals surface area contributed by atoms with Gasteiger partial charge in [0.1, 0.15) is 0 Å². The molecule has 37 heavy (non-hydrogen) atoms. The Labute approximate surface area is 279 Å². The van der Waals surface area contributed by atoms with Crippen LogP contribution in [0, 0.1) is 0 Å². The first kappa shape index (κ1) is 32.6. The van der Waals surface area contributed by atoms with Gasteiger partial charge in [0.05, 0.1) is 76.3 Å². The van der Waals surface area contributed by atoms with Crippen LogP contribution in [0.15, 0.2) is 0 Å². The van der Waals surface area contributed by atoms with Gasteiger partial charge in [-0.05, 0) is 7.11 Å².